The molecule has 1 saturated heterocycles. The van der Waals surface area contributed by atoms with Crippen molar-refractivity contribution in [3.63, 3.8) is 0 Å². The fourth-order valence-corrected chi connectivity index (χ4v) is 3.09. The van der Waals surface area contributed by atoms with Crippen LogP contribution >= 0.6 is 11.5 Å². The smallest absolute Gasteiger partial charge is 0.185 e. The molecule has 88 valence electrons. The van der Waals surface area contributed by atoms with Gasteiger partial charge in [-0.25, -0.2) is 0 Å². The Hall–Kier alpha value is -0.810. The van der Waals surface area contributed by atoms with Crippen molar-refractivity contribution >= 4 is 17.4 Å². The van der Waals surface area contributed by atoms with Crippen LogP contribution in [0.3, 0.4) is 0 Å². The minimum Gasteiger partial charge on any atom is -0.487 e. The van der Waals surface area contributed by atoms with Crippen LogP contribution in [0.4, 0.5) is 5.82 Å². The van der Waals surface area contributed by atoms with Gasteiger partial charge in [-0.05, 0) is 25.4 Å². The summed E-state index contributed by atoms with van der Waals surface area (Å²) in [6, 6.07) is 1.10. The Kier molecular flexibility index (Phi) is 2.52. The van der Waals surface area contributed by atoms with E-state index in [1.807, 2.05) is 5.38 Å². The van der Waals surface area contributed by atoms with E-state index in [1.54, 1.807) is 0 Å². The number of aromatic nitrogens is 1. The van der Waals surface area contributed by atoms with Crippen LogP contribution in [0.15, 0.2) is 5.38 Å². The number of anilines is 1. The van der Waals surface area contributed by atoms with Gasteiger partial charge in [0, 0.05) is 25.7 Å². The molecule has 0 N–H and O–H groups in total. The van der Waals surface area contributed by atoms with E-state index in [0.717, 1.165) is 37.8 Å². The second kappa shape index (κ2) is 3.89. The third kappa shape index (κ3) is 1.58. The van der Waals surface area contributed by atoms with Gasteiger partial charge in [-0.3, -0.25) is 4.90 Å². The van der Waals surface area contributed by atoms with Crippen LogP contribution in [-0.4, -0.2) is 47.6 Å². The lowest BCUT2D eigenvalue weighted by Gasteiger charge is -2.45. The maximum atomic E-state index is 5.74. The topological polar surface area (TPSA) is 28.6 Å². The van der Waals surface area contributed by atoms with Gasteiger partial charge in [0.05, 0.1) is 11.4 Å². The van der Waals surface area contributed by atoms with E-state index >= 15 is 0 Å². The van der Waals surface area contributed by atoms with Gasteiger partial charge >= 0.3 is 0 Å². The summed E-state index contributed by atoms with van der Waals surface area (Å²) in [6.07, 6.45) is 0. The van der Waals surface area contributed by atoms with Gasteiger partial charge in [0.25, 0.3) is 0 Å². The summed E-state index contributed by atoms with van der Waals surface area (Å²) in [5.41, 5.74) is 0. The Labute approximate surface area is 100.0 Å². The highest BCUT2D eigenvalue weighted by atomic mass is 32.1. The molecule has 5 heteroatoms. The molecule has 0 radical (unpaired) electrons. The van der Waals surface area contributed by atoms with Crippen molar-refractivity contribution in [3.8, 4) is 5.75 Å². The van der Waals surface area contributed by atoms with E-state index in [-0.39, 0.29) is 0 Å². The van der Waals surface area contributed by atoms with Crippen LogP contribution in [-0.2, 0) is 0 Å². The summed E-state index contributed by atoms with van der Waals surface area (Å²) in [4.78, 5) is 4.93. The monoisotopic (exact) mass is 239 g/mol. The summed E-state index contributed by atoms with van der Waals surface area (Å²) in [6.45, 7) is 8.61. The predicted octanol–water partition coefficient (Wildman–Crippen LogP) is 1.43. The van der Waals surface area contributed by atoms with Gasteiger partial charge in [0.15, 0.2) is 11.6 Å². The lowest BCUT2D eigenvalue weighted by atomic mass is 10.1. The molecule has 1 aromatic heterocycles. The highest BCUT2D eigenvalue weighted by molar-refractivity contribution is 7.04. The number of nitrogens with zero attached hydrogens (tertiary/aromatic N) is 3. The molecule has 1 atom stereocenters. The zero-order valence-electron chi connectivity index (χ0n) is 9.72. The van der Waals surface area contributed by atoms with Gasteiger partial charge in [0.2, 0.25) is 0 Å². The first kappa shape index (κ1) is 10.4. The van der Waals surface area contributed by atoms with Crippen molar-refractivity contribution in [3.05, 3.63) is 5.38 Å². The van der Waals surface area contributed by atoms with E-state index in [9.17, 15) is 0 Å². The molecule has 0 aliphatic carbocycles. The van der Waals surface area contributed by atoms with Gasteiger partial charge in [0.1, 0.15) is 6.61 Å². The SMILES string of the molecule is CC(C)N1CCN2c3nscc3OC[C@@H]2C1. The molecule has 0 saturated carbocycles. The third-order valence-corrected chi connectivity index (χ3v) is 4.06. The molecule has 2 aliphatic rings. The van der Waals surface area contributed by atoms with E-state index in [0.29, 0.717) is 12.1 Å². The first-order chi connectivity index (χ1) is 7.75. The number of hydrogen-bond acceptors (Lipinski definition) is 5. The van der Waals surface area contributed by atoms with Crippen molar-refractivity contribution in [2.45, 2.75) is 25.9 Å². The van der Waals surface area contributed by atoms with Crippen molar-refractivity contribution in [2.24, 2.45) is 0 Å². The third-order valence-electron chi connectivity index (χ3n) is 3.47. The van der Waals surface area contributed by atoms with Crippen LogP contribution in [0.25, 0.3) is 0 Å². The van der Waals surface area contributed by atoms with E-state index in [2.05, 4.69) is 28.0 Å². The molecular weight excluding hydrogens is 222 g/mol. The van der Waals surface area contributed by atoms with Crippen LogP contribution in [0.5, 0.6) is 5.75 Å². The Morgan fingerprint density at radius 3 is 3.19 bits per heavy atom. The van der Waals surface area contributed by atoms with Gasteiger partial charge in [-0.1, -0.05) is 0 Å². The summed E-state index contributed by atoms with van der Waals surface area (Å²) < 4.78 is 10.2. The Balaban J connectivity index is 1.80. The molecule has 1 aromatic rings. The number of ether oxygens (including phenoxy) is 1. The number of fused-ring (bicyclic) bond motifs is 3. The van der Waals surface area contributed by atoms with E-state index in [4.69, 9.17) is 4.74 Å². The Morgan fingerprint density at radius 2 is 2.38 bits per heavy atom. The molecular formula is C11H17N3OS. The zero-order valence-corrected chi connectivity index (χ0v) is 10.5. The molecule has 3 rings (SSSR count). The minimum atomic E-state index is 0.478. The largest absolute Gasteiger partial charge is 0.487 e. The number of piperazine rings is 1. The molecule has 0 spiro atoms. The molecule has 4 nitrogen and oxygen atoms in total. The average molecular weight is 239 g/mol. The van der Waals surface area contributed by atoms with Crippen LogP contribution < -0.4 is 9.64 Å². The van der Waals surface area contributed by atoms with E-state index in [1.165, 1.54) is 11.5 Å². The fourth-order valence-electron chi connectivity index (χ4n) is 2.47. The fraction of sp³-hybridized carbons (Fsp3) is 0.727. The van der Waals surface area contributed by atoms with Gasteiger partial charge in [-0.2, -0.15) is 4.37 Å². The second-order valence-electron chi connectivity index (χ2n) is 4.75. The maximum Gasteiger partial charge on any atom is 0.185 e. The van der Waals surface area contributed by atoms with Crippen LogP contribution in [0.2, 0.25) is 0 Å². The molecule has 1 fully saturated rings. The highest BCUT2D eigenvalue weighted by Gasteiger charge is 2.34. The molecule has 0 unspecified atom stereocenters. The van der Waals surface area contributed by atoms with Gasteiger partial charge < -0.3 is 9.64 Å². The summed E-state index contributed by atoms with van der Waals surface area (Å²) in [5.74, 6) is 2.03. The second-order valence-corrected chi connectivity index (χ2v) is 5.38. The summed E-state index contributed by atoms with van der Waals surface area (Å²) >= 11 is 1.49. The Morgan fingerprint density at radius 1 is 1.50 bits per heavy atom. The standard InChI is InChI=1S/C11H17N3OS/c1-8(2)13-3-4-14-9(5-13)6-15-10-7-16-12-11(10)14/h7-9H,3-6H2,1-2H3/t9-/m0/s1. The molecule has 2 aliphatic heterocycles. The van der Waals surface area contributed by atoms with Crippen molar-refractivity contribution in [2.75, 3.05) is 31.1 Å². The zero-order chi connectivity index (χ0) is 11.1. The minimum absolute atomic E-state index is 0.478. The average Bonchev–Trinajstić information content (AvgIpc) is 2.76. The number of rotatable bonds is 1. The predicted molar refractivity (Wildman–Crippen MR) is 65.5 cm³/mol. The van der Waals surface area contributed by atoms with Crippen molar-refractivity contribution in [1.29, 1.82) is 0 Å². The van der Waals surface area contributed by atoms with Crippen molar-refractivity contribution < 1.29 is 4.74 Å². The van der Waals surface area contributed by atoms with Crippen molar-refractivity contribution in [1.82, 2.24) is 9.27 Å². The summed E-state index contributed by atoms with van der Waals surface area (Å²) in [5, 5.41) is 2.00. The van der Waals surface area contributed by atoms with Crippen LogP contribution in [0, 0.1) is 0 Å². The lowest BCUT2D eigenvalue weighted by molar-refractivity contribution is 0.141. The van der Waals surface area contributed by atoms with E-state index < -0.39 is 0 Å². The van der Waals surface area contributed by atoms with Gasteiger partial charge in [-0.15, -0.1) is 0 Å². The normalized spacial score (nSPS) is 25.2. The molecule has 16 heavy (non-hydrogen) atoms. The first-order valence-electron chi connectivity index (χ1n) is 5.83. The number of hydrogen-bond donors (Lipinski definition) is 0. The molecule has 0 amide bonds. The lowest BCUT2D eigenvalue weighted by Crippen LogP contribution is -2.58. The summed E-state index contributed by atoms with van der Waals surface area (Å²) in [7, 11) is 0. The van der Waals surface area contributed by atoms with Crippen LogP contribution in [0.1, 0.15) is 13.8 Å². The molecule has 0 aromatic carbocycles. The first-order valence-corrected chi connectivity index (χ1v) is 6.67. The Bertz CT molecular complexity index is 379. The molecule has 0 bridgehead atoms. The molecule has 3 heterocycles. The quantitative estimate of drug-likeness (QED) is 0.741. The maximum absolute atomic E-state index is 5.74. The highest BCUT2D eigenvalue weighted by Crippen LogP contribution is 2.35.